The number of anilines is 1. The van der Waals surface area contributed by atoms with Gasteiger partial charge in [0.25, 0.3) is 0 Å². The van der Waals surface area contributed by atoms with Gasteiger partial charge in [-0.3, -0.25) is 4.79 Å². The first-order valence-electron chi connectivity index (χ1n) is 7.26. The van der Waals surface area contributed by atoms with E-state index in [4.69, 9.17) is 0 Å². The molecule has 0 aliphatic carbocycles. The van der Waals surface area contributed by atoms with Crippen molar-refractivity contribution in [2.75, 3.05) is 11.9 Å². The molecular formula is C16H20N4OS2. The molecule has 2 rings (SSSR count). The van der Waals surface area contributed by atoms with Gasteiger partial charge in [-0.15, -0.1) is 16.8 Å². The van der Waals surface area contributed by atoms with Crippen LogP contribution in [0.3, 0.4) is 0 Å². The third-order valence-corrected chi connectivity index (χ3v) is 5.10. The van der Waals surface area contributed by atoms with Crippen LogP contribution in [0.2, 0.25) is 0 Å². The van der Waals surface area contributed by atoms with E-state index in [0.29, 0.717) is 13.1 Å². The van der Waals surface area contributed by atoms with Crippen LogP contribution in [0.1, 0.15) is 18.1 Å². The van der Waals surface area contributed by atoms with E-state index in [1.807, 2.05) is 38.1 Å². The van der Waals surface area contributed by atoms with E-state index in [2.05, 4.69) is 27.4 Å². The smallest absolute Gasteiger partial charge is 0.233 e. The van der Waals surface area contributed by atoms with Crippen molar-refractivity contribution >= 4 is 34.1 Å². The van der Waals surface area contributed by atoms with Crippen LogP contribution in [-0.4, -0.2) is 27.9 Å². The number of aromatic nitrogens is 2. The number of hydrogen-bond acceptors (Lipinski definition) is 6. The molecule has 0 saturated heterocycles. The number of carbonyl (C=O) groups excluding carboxylic acids is 1. The molecule has 1 unspecified atom stereocenters. The van der Waals surface area contributed by atoms with Gasteiger partial charge < -0.3 is 10.6 Å². The fourth-order valence-electron chi connectivity index (χ4n) is 1.73. The average Bonchev–Trinajstić information content (AvgIpc) is 2.99. The molecular weight excluding hydrogens is 328 g/mol. The van der Waals surface area contributed by atoms with Gasteiger partial charge in [0.2, 0.25) is 11.0 Å². The molecule has 1 amide bonds. The molecule has 2 aromatic rings. The van der Waals surface area contributed by atoms with Crippen LogP contribution < -0.4 is 10.6 Å². The SMILES string of the molecule is C=CCNc1nnc(SC(C)C(=O)NCc2ccc(C)cc2)s1. The van der Waals surface area contributed by atoms with Gasteiger partial charge in [0.05, 0.1) is 5.25 Å². The molecule has 122 valence electrons. The second-order valence-corrected chi connectivity index (χ2v) is 7.57. The number of amides is 1. The minimum absolute atomic E-state index is 0.00799. The van der Waals surface area contributed by atoms with Gasteiger partial charge in [0, 0.05) is 13.1 Å². The lowest BCUT2D eigenvalue weighted by molar-refractivity contribution is -0.120. The van der Waals surface area contributed by atoms with Crippen LogP contribution in [0.4, 0.5) is 5.13 Å². The molecule has 1 atom stereocenters. The minimum atomic E-state index is -0.222. The van der Waals surface area contributed by atoms with Gasteiger partial charge in [-0.05, 0) is 19.4 Å². The zero-order valence-electron chi connectivity index (χ0n) is 13.2. The Labute approximate surface area is 144 Å². The molecule has 0 bridgehead atoms. The second kappa shape index (κ2) is 8.69. The molecule has 0 radical (unpaired) electrons. The number of carbonyl (C=O) groups is 1. The number of nitrogens with zero attached hydrogens (tertiary/aromatic N) is 2. The zero-order chi connectivity index (χ0) is 16.7. The third kappa shape index (κ3) is 5.69. The summed E-state index contributed by atoms with van der Waals surface area (Å²) in [5, 5.41) is 14.6. The fraction of sp³-hybridized carbons (Fsp3) is 0.312. The summed E-state index contributed by atoms with van der Waals surface area (Å²) >= 11 is 2.85. The van der Waals surface area contributed by atoms with Crippen LogP contribution >= 0.6 is 23.1 Å². The summed E-state index contributed by atoms with van der Waals surface area (Å²) in [7, 11) is 0. The number of rotatable bonds is 8. The molecule has 1 heterocycles. The summed E-state index contributed by atoms with van der Waals surface area (Å²) in [6, 6.07) is 8.13. The first kappa shape index (κ1) is 17.5. The lowest BCUT2D eigenvalue weighted by Crippen LogP contribution is -2.30. The highest BCUT2D eigenvalue weighted by Crippen LogP contribution is 2.28. The molecule has 0 aliphatic heterocycles. The Bertz CT molecular complexity index is 654. The topological polar surface area (TPSA) is 66.9 Å². The van der Waals surface area contributed by atoms with Crippen molar-refractivity contribution in [2.24, 2.45) is 0 Å². The normalized spacial score (nSPS) is 11.7. The predicted octanol–water partition coefficient (Wildman–Crippen LogP) is 3.24. The molecule has 5 nitrogen and oxygen atoms in total. The molecule has 1 aromatic carbocycles. The summed E-state index contributed by atoms with van der Waals surface area (Å²) in [6.07, 6.45) is 1.76. The Morgan fingerprint density at radius 3 is 2.83 bits per heavy atom. The summed E-state index contributed by atoms with van der Waals surface area (Å²) in [6.45, 7) is 8.73. The Morgan fingerprint density at radius 1 is 1.39 bits per heavy atom. The highest BCUT2D eigenvalue weighted by molar-refractivity contribution is 8.02. The van der Waals surface area contributed by atoms with E-state index in [0.717, 1.165) is 15.0 Å². The largest absolute Gasteiger partial charge is 0.357 e. The van der Waals surface area contributed by atoms with E-state index in [9.17, 15) is 4.79 Å². The molecule has 0 aliphatic rings. The second-order valence-electron chi connectivity index (χ2n) is 5.01. The minimum Gasteiger partial charge on any atom is -0.357 e. The number of aryl methyl sites for hydroxylation is 1. The van der Waals surface area contributed by atoms with Crippen LogP contribution in [0.5, 0.6) is 0 Å². The fourth-order valence-corrected chi connectivity index (χ4v) is 3.66. The summed E-state index contributed by atoms with van der Waals surface area (Å²) < 4.78 is 0.773. The summed E-state index contributed by atoms with van der Waals surface area (Å²) in [5.74, 6) is -0.00799. The summed E-state index contributed by atoms with van der Waals surface area (Å²) in [4.78, 5) is 12.2. The van der Waals surface area contributed by atoms with Crippen molar-refractivity contribution < 1.29 is 4.79 Å². The Hall–Kier alpha value is -1.86. The molecule has 1 aromatic heterocycles. The van der Waals surface area contributed by atoms with Gasteiger partial charge in [-0.25, -0.2) is 0 Å². The molecule has 23 heavy (non-hydrogen) atoms. The van der Waals surface area contributed by atoms with Crippen molar-refractivity contribution in [1.82, 2.24) is 15.5 Å². The van der Waals surface area contributed by atoms with E-state index >= 15 is 0 Å². The molecule has 7 heteroatoms. The van der Waals surface area contributed by atoms with Crippen molar-refractivity contribution in [2.45, 2.75) is 30.0 Å². The highest BCUT2D eigenvalue weighted by atomic mass is 32.2. The van der Waals surface area contributed by atoms with Gasteiger partial charge in [-0.1, -0.05) is 59.0 Å². The van der Waals surface area contributed by atoms with Crippen molar-refractivity contribution in [3.8, 4) is 0 Å². The third-order valence-electron chi connectivity index (χ3n) is 3.04. The van der Waals surface area contributed by atoms with Crippen LogP contribution in [0.15, 0.2) is 41.3 Å². The number of benzene rings is 1. The standard InChI is InChI=1S/C16H20N4OS2/c1-4-9-17-15-19-20-16(23-15)22-12(3)14(21)18-10-13-7-5-11(2)6-8-13/h4-8,12H,1,9-10H2,2-3H3,(H,17,19)(H,18,21). The van der Waals surface area contributed by atoms with Gasteiger partial charge in [0.1, 0.15) is 0 Å². The van der Waals surface area contributed by atoms with E-state index in [1.54, 1.807) is 6.08 Å². The van der Waals surface area contributed by atoms with Crippen molar-refractivity contribution in [3.05, 3.63) is 48.0 Å². The monoisotopic (exact) mass is 348 g/mol. The lowest BCUT2D eigenvalue weighted by Gasteiger charge is -2.10. The van der Waals surface area contributed by atoms with Crippen molar-refractivity contribution in [3.63, 3.8) is 0 Å². The van der Waals surface area contributed by atoms with E-state index < -0.39 is 0 Å². The maximum Gasteiger partial charge on any atom is 0.233 e. The number of thioether (sulfide) groups is 1. The molecule has 2 N–H and O–H groups in total. The molecule has 0 saturated carbocycles. The van der Waals surface area contributed by atoms with Gasteiger partial charge >= 0.3 is 0 Å². The summed E-state index contributed by atoms with van der Waals surface area (Å²) in [5.41, 5.74) is 2.30. The zero-order valence-corrected chi connectivity index (χ0v) is 14.8. The first-order chi connectivity index (χ1) is 11.1. The number of hydrogen-bond donors (Lipinski definition) is 2. The Kier molecular flexibility index (Phi) is 6.61. The van der Waals surface area contributed by atoms with Gasteiger partial charge in [-0.2, -0.15) is 0 Å². The van der Waals surface area contributed by atoms with E-state index in [1.165, 1.54) is 28.7 Å². The van der Waals surface area contributed by atoms with Crippen LogP contribution in [0.25, 0.3) is 0 Å². The van der Waals surface area contributed by atoms with Crippen LogP contribution in [-0.2, 0) is 11.3 Å². The molecule has 0 spiro atoms. The highest BCUT2D eigenvalue weighted by Gasteiger charge is 2.16. The predicted molar refractivity (Wildman–Crippen MR) is 96.9 cm³/mol. The maximum atomic E-state index is 12.2. The maximum absolute atomic E-state index is 12.2. The molecule has 0 fully saturated rings. The van der Waals surface area contributed by atoms with E-state index in [-0.39, 0.29) is 11.2 Å². The quantitative estimate of drug-likeness (QED) is 0.566. The number of nitrogens with one attached hydrogen (secondary N) is 2. The average molecular weight is 348 g/mol. The Morgan fingerprint density at radius 2 is 2.13 bits per heavy atom. The first-order valence-corrected chi connectivity index (χ1v) is 8.96. The lowest BCUT2D eigenvalue weighted by atomic mass is 10.1. The Balaban J connectivity index is 1.81. The van der Waals surface area contributed by atoms with Gasteiger partial charge in [0.15, 0.2) is 4.34 Å². The van der Waals surface area contributed by atoms with Crippen molar-refractivity contribution in [1.29, 1.82) is 0 Å². The van der Waals surface area contributed by atoms with Crippen LogP contribution in [0, 0.1) is 6.92 Å².